The van der Waals surface area contributed by atoms with Crippen LogP contribution in [0.2, 0.25) is 0 Å². The molecule has 0 aliphatic carbocycles. The molecule has 0 saturated carbocycles. The van der Waals surface area contributed by atoms with Crippen LogP contribution in [-0.4, -0.2) is 31.1 Å². The largest absolute Gasteiger partial charge is 0.493 e. The summed E-state index contributed by atoms with van der Waals surface area (Å²) in [6.07, 6.45) is 0. The maximum Gasteiger partial charge on any atom is 0.345 e. The Bertz CT molecular complexity index is 2140. The fraction of sp³-hybridized carbons (Fsp3) is 0.136. The number of esters is 2. The van der Waals surface area contributed by atoms with E-state index in [2.05, 4.69) is 0 Å². The molecule has 0 amide bonds. The first-order valence-electron chi connectivity index (χ1n) is 17.1. The van der Waals surface area contributed by atoms with Gasteiger partial charge in [-0.3, -0.25) is 10.1 Å². The zero-order valence-corrected chi connectivity index (χ0v) is 30.3. The zero-order chi connectivity index (χ0) is 38.8. The summed E-state index contributed by atoms with van der Waals surface area (Å²) < 4.78 is 32.7. The summed E-state index contributed by atoms with van der Waals surface area (Å²) in [5.41, 5.74) is 3.48. The van der Waals surface area contributed by atoms with E-state index in [1.807, 2.05) is 109 Å². The number of methoxy groups -OCH3 is 2. The zero-order valence-electron chi connectivity index (χ0n) is 30.3. The van der Waals surface area contributed by atoms with Gasteiger partial charge in [0.25, 0.3) is 5.69 Å². The number of nitro benzene ring substituents is 1. The van der Waals surface area contributed by atoms with Crippen molar-refractivity contribution in [2.24, 2.45) is 0 Å². The fourth-order valence-electron chi connectivity index (χ4n) is 5.13. The number of carbonyl (C=O) groups is 2. The van der Waals surface area contributed by atoms with Crippen molar-refractivity contribution in [2.45, 2.75) is 26.4 Å². The standard InChI is InChI=1S/C22H19NO6.C22H20O4/c1-27-20-12-18(22(24)29-15-17-10-6-3-7-11-17)19(23(25)26)13-21(20)28-14-16-8-4-2-5-9-16;1-24-21-14-19(22(23)26-16-18-10-6-3-7-11-18)12-13-20(21)25-15-17-8-4-2-5-9-17/h2-13H,14-15H2,1H3;2-14H,15-16H2,1H3. The van der Waals surface area contributed by atoms with E-state index in [0.717, 1.165) is 22.3 Å². The molecule has 55 heavy (non-hydrogen) atoms. The van der Waals surface area contributed by atoms with Crippen LogP contribution in [-0.2, 0) is 35.9 Å². The molecule has 0 unspecified atom stereocenters. The van der Waals surface area contributed by atoms with Crippen molar-refractivity contribution in [1.29, 1.82) is 0 Å². The third-order valence-corrected chi connectivity index (χ3v) is 8.00. The van der Waals surface area contributed by atoms with E-state index >= 15 is 0 Å². The Kier molecular flexibility index (Phi) is 14.3. The van der Waals surface area contributed by atoms with Crippen LogP contribution in [0.1, 0.15) is 43.0 Å². The summed E-state index contributed by atoms with van der Waals surface area (Å²) in [6, 6.07) is 45.3. The van der Waals surface area contributed by atoms with Crippen molar-refractivity contribution in [3.63, 3.8) is 0 Å². The average molecular weight is 742 g/mol. The SMILES string of the molecule is COc1cc(C(=O)OCc2ccccc2)c([N+](=O)[O-])cc1OCc1ccccc1.COc1cc(C(=O)OCc2ccccc2)ccc1OCc1ccccc1. The Morgan fingerprint density at radius 1 is 0.491 bits per heavy atom. The number of carbonyl (C=O) groups excluding carboxylic acids is 2. The highest BCUT2D eigenvalue weighted by atomic mass is 16.6. The molecule has 11 heteroatoms. The maximum atomic E-state index is 12.5. The van der Waals surface area contributed by atoms with Crippen LogP contribution in [0, 0.1) is 10.1 Å². The van der Waals surface area contributed by atoms with Gasteiger partial charge in [-0.25, -0.2) is 9.59 Å². The number of hydrogen-bond donors (Lipinski definition) is 0. The number of ether oxygens (including phenoxy) is 6. The Labute approximate surface area is 318 Å². The van der Waals surface area contributed by atoms with Crippen molar-refractivity contribution in [1.82, 2.24) is 0 Å². The van der Waals surface area contributed by atoms with Gasteiger partial charge in [-0.2, -0.15) is 0 Å². The van der Waals surface area contributed by atoms with Gasteiger partial charge in [0.1, 0.15) is 32.0 Å². The van der Waals surface area contributed by atoms with Crippen molar-refractivity contribution in [3.05, 3.63) is 195 Å². The van der Waals surface area contributed by atoms with Crippen LogP contribution < -0.4 is 18.9 Å². The quantitative estimate of drug-likeness (QED) is 0.0570. The van der Waals surface area contributed by atoms with E-state index < -0.39 is 22.5 Å². The smallest absolute Gasteiger partial charge is 0.345 e. The molecule has 0 bridgehead atoms. The minimum absolute atomic E-state index is 0.00536. The molecule has 0 aliphatic rings. The van der Waals surface area contributed by atoms with Gasteiger partial charge >= 0.3 is 11.9 Å². The minimum Gasteiger partial charge on any atom is -0.493 e. The van der Waals surface area contributed by atoms with Crippen LogP contribution in [0.25, 0.3) is 0 Å². The third kappa shape index (κ3) is 11.7. The molecule has 6 rings (SSSR count). The van der Waals surface area contributed by atoms with Crippen molar-refractivity contribution < 1.29 is 42.9 Å². The Balaban J connectivity index is 0.000000212. The van der Waals surface area contributed by atoms with E-state index in [9.17, 15) is 19.7 Å². The molecule has 0 spiro atoms. The molecule has 11 nitrogen and oxygen atoms in total. The Hall–Kier alpha value is -7.14. The predicted octanol–water partition coefficient (Wildman–Crippen LogP) is 9.17. The lowest BCUT2D eigenvalue weighted by molar-refractivity contribution is -0.385. The van der Waals surface area contributed by atoms with Crippen molar-refractivity contribution in [2.75, 3.05) is 14.2 Å². The van der Waals surface area contributed by atoms with Gasteiger partial charge in [0.2, 0.25) is 0 Å². The lowest BCUT2D eigenvalue weighted by atomic mass is 10.1. The highest BCUT2D eigenvalue weighted by Crippen LogP contribution is 2.36. The first-order valence-corrected chi connectivity index (χ1v) is 17.1. The number of hydrogen-bond acceptors (Lipinski definition) is 10. The highest BCUT2D eigenvalue weighted by Gasteiger charge is 2.26. The monoisotopic (exact) mass is 741 g/mol. The molecule has 6 aromatic carbocycles. The van der Waals surface area contributed by atoms with Crippen LogP contribution in [0.15, 0.2) is 152 Å². The number of nitrogens with zero attached hydrogens (tertiary/aromatic N) is 1. The van der Waals surface area contributed by atoms with E-state index in [4.69, 9.17) is 28.4 Å². The summed E-state index contributed by atoms with van der Waals surface area (Å²) in [5.74, 6) is 0.238. The molecular formula is C44H39NO10. The molecule has 0 radical (unpaired) electrons. The first-order chi connectivity index (χ1) is 26.8. The predicted molar refractivity (Wildman–Crippen MR) is 205 cm³/mol. The molecule has 0 N–H and O–H groups in total. The molecule has 0 heterocycles. The second-order valence-electron chi connectivity index (χ2n) is 11.8. The summed E-state index contributed by atoms with van der Waals surface area (Å²) in [7, 11) is 2.94. The van der Waals surface area contributed by atoms with Crippen molar-refractivity contribution in [3.8, 4) is 23.0 Å². The number of nitro groups is 1. The normalized spacial score (nSPS) is 10.2. The van der Waals surface area contributed by atoms with E-state index in [1.165, 1.54) is 19.2 Å². The van der Waals surface area contributed by atoms with Gasteiger partial charge < -0.3 is 28.4 Å². The molecule has 0 atom stereocenters. The second-order valence-corrected chi connectivity index (χ2v) is 11.8. The van der Waals surface area contributed by atoms with Crippen molar-refractivity contribution >= 4 is 17.6 Å². The maximum absolute atomic E-state index is 12.5. The lowest BCUT2D eigenvalue weighted by Crippen LogP contribution is -2.09. The lowest BCUT2D eigenvalue weighted by Gasteiger charge is -2.13. The fourth-order valence-corrected chi connectivity index (χ4v) is 5.13. The third-order valence-electron chi connectivity index (χ3n) is 8.00. The Morgan fingerprint density at radius 2 is 0.909 bits per heavy atom. The van der Waals surface area contributed by atoms with E-state index in [1.54, 1.807) is 37.4 Å². The van der Waals surface area contributed by atoms with Crippen LogP contribution in [0.5, 0.6) is 23.0 Å². The summed E-state index contributed by atoms with van der Waals surface area (Å²) in [5, 5.41) is 11.5. The topological polar surface area (TPSA) is 133 Å². The molecule has 0 saturated heterocycles. The van der Waals surface area contributed by atoms with Crippen LogP contribution in [0.3, 0.4) is 0 Å². The minimum atomic E-state index is -0.812. The van der Waals surface area contributed by atoms with Crippen LogP contribution >= 0.6 is 0 Å². The average Bonchev–Trinajstić information content (AvgIpc) is 3.24. The molecular weight excluding hydrogens is 702 g/mol. The molecule has 0 fully saturated rings. The van der Waals surface area contributed by atoms with Crippen LogP contribution in [0.4, 0.5) is 5.69 Å². The second kappa shape index (κ2) is 20.2. The van der Waals surface area contributed by atoms with Gasteiger partial charge in [-0.05, 0) is 40.5 Å². The highest BCUT2D eigenvalue weighted by molar-refractivity contribution is 5.95. The molecule has 280 valence electrons. The van der Waals surface area contributed by atoms with E-state index in [0.29, 0.717) is 23.7 Å². The molecule has 0 aromatic heterocycles. The summed E-state index contributed by atoms with van der Waals surface area (Å²) in [4.78, 5) is 35.6. The van der Waals surface area contributed by atoms with Gasteiger partial charge in [0.15, 0.2) is 23.0 Å². The van der Waals surface area contributed by atoms with Gasteiger partial charge in [0, 0.05) is 6.07 Å². The molecule has 0 aliphatic heterocycles. The number of rotatable bonds is 15. The molecule has 6 aromatic rings. The Morgan fingerprint density at radius 3 is 1.36 bits per heavy atom. The number of benzene rings is 6. The summed E-state index contributed by atoms with van der Waals surface area (Å²) >= 11 is 0. The van der Waals surface area contributed by atoms with Gasteiger partial charge in [0.05, 0.1) is 30.8 Å². The van der Waals surface area contributed by atoms with Gasteiger partial charge in [-0.1, -0.05) is 121 Å². The summed E-state index contributed by atoms with van der Waals surface area (Å²) in [6.45, 7) is 0.862. The van der Waals surface area contributed by atoms with Gasteiger partial charge in [-0.15, -0.1) is 0 Å². The van der Waals surface area contributed by atoms with E-state index in [-0.39, 0.29) is 36.9 Å². The first kappa shape index (κ1) is 39.1.